The van der Waals surface area contributed by atoms with Crippen LogP contribution in [0.3, 0.4) is 0 Å². The van der Waals surface area contributed by atoms with Crippen molar-refractivity contribution in [3.05, 3.63) is 59.0 Å². The molecule has 1 aromatic heterocycles. The summed E-state index contributed by atoms with van der Waals surface area (Å²) in [6, 6.07) is 8.80. The van der Waals surface area contributed by atoms with Crippen LogP contribution in [0.1, 0.15) is 26.3 Å². The molecule has 154 valence electrons. The predicted octanol–water partition coefficient (Wildman–Crippen LogP) is 5.33. The lowest BCUT2D eigenvalue weighted by Gasteiger charge is -2.20. The first-order valence-electron chi connectivity index (χ1n) is 8.71. The fraction of sp³-hybridized carbons (Fsp3) is 0.250. The van der Waals surface area contributed by atoms with Crippen LogP contribution in [0, 0.1) is 12.7 Å². The highest BCUT2D eigenvalue weighted by Gasteiger charge is 2.25. The van der Waals surface area contributed by atoms with Crippen LogP contribution in [-0.2, 0) is 14.8 Å². The van der Waals surface area contributed by atoms with E-state index >= 15 is 0 Å². The first-order chi connectivity index (χ1) is 13.4. The maximum absolute atomic E-state index is 14.8. The van der Waals surface area contributed by atoms with Gasteiger partial charge < -0.3 is 4.74 Å². The fourth-order valence-electron chi connectivity index (χ4n) is 2.77. The van der Waals surface area contributed by atoms with Crippen molar-refractivity contribution in [1.29, 1.82) is 0 Å². The molecule has 0 saturated carbocycles. The third-order valence-electron chi connectivity index (χ3n) is 4.04. The molecule has 0 unspecified atom stereocenters. The number of benzene rings is 2. The number of carbonyl (C=O) groups is 1. The molecular formula is C20H20ClFN2O4S. The van der Waals surface area contributed by atoms with Gasteiger partial charge in [0.1, 0.15) is 11.1 Å². The highest BCUT2D eigenvalue weighted by atomic mass is 35.5. The number of fused-ring (bicyclic) bond motifs is 1. The molecule has 0 aliphatic rings. The van der Waals surface area contributed by atoms with Gasteiger partial charge in [-0.05, 0) is 52.0 Å². The van der Waals surface area contributed by atoms with E-state index in [9.17, 15) is 17.6 Å². The Bertz CT molecular complexity index is 1200. The van der Waals surface area contributed by atoms with Gasteiger partial charge in [0.05, 0.1) is 15.6 Å². The van der Waals surface area contributed by atoms with Gasteiger partial charge in [-0.1, -0.05) is 29.3 Å². The number of rotatable bonds is 3. The van der Waals surface area contributed by atoms with E-state index < -0.39 is 27.5 Å². The Morgan fingerprint density at radius 1 is 1.17 bits per heavy atom. The Kier molecular flexibility index (Phi) is 5.36. The Morgan fingerprint density at radius 2 is 1.79 bits per heavy atom. The number of carbonyl (C=O) groups excluding carboxylic acids is 1. The second-order valence-corrected chi connectivity index (χ2v) is 9.76. The number of hydrogen-bond donors (Lipinski definition) is 1. The Balaban J connectivity index is 2.14. The van der Waals surface area contributed by atoms with Crippen molar-refractivity contribution in [2.45, 2.75) is 38.2 Å². The number of nitrogens with zero attached hydrogens (tertiary/aromatic N) is 1. The summed E-state index contributed by atoms with van der Waals surface area (Å²) < 4.78 is 46.9. The number of anilines is 1. The van der Waals surface area contributed by atoms with E-state index in [0.717, 1.165) is 9.54 Å². The summed E-state index contributed by atoms with van der Waals surface area (Å²) in [7, 11) is -4.08. The highest BCUT2D eigenvalue weighted by Crippen LogP contribution is 2.34. The van der Waals surface area contributed by atoms with Crippen LogP contribution in [0.4, 0.5) is 14.9 Å². The van der Waals surface area contributed by atoms with E-state index in [1.807, 2.05) is 6.92 Å². The van der Waals surface area contributed by atoms with Crippen molar-refractivity contribution < 1.29 is 22.3 Å². The Labute approximate surface area is 173 Å². The highest BCUT2D eigenvalue weighted by molar-refractivity contribution is 7.90. The van der Waals surface area contributed by atoms with Gasteiger partial charge in [0, 0.05) is 11.6 Å². The lowest BCUT2D eigenvalue weighted by atomic mass is 10.2. The number of hydrogen-bond acceptors (Lipinski definition) is 4. The molecule has 0 aliphatic carbocycles. The van der Waals surface area contributed by atoms with Crippen molar-refractivity contribution >= 4 is 44.3 Å². The molecule has 3 aromatic rings. The van der Waals surface area contributed by atoms with Gasteiger partial charge in [-0.3, -0.25) is 5.32 Å². The van der Waals surface area contributed by atoms with Gasteiger partial charge in [-0.2, -0.15) is 0 Å². The van der Waals surface area contributed by atoms with Gasteiger partial charge in [0.15, 0.2) is 5.82 Å². The zero-order valence-corrected chi connectivity index (χ0v) is 17.9. The average Bonchev–Trinajstić information content (AvgIpc) is 3.04. The van der Waals surface area contributed by atoms with E-state index in [4.69, 9.17) is 16.3 Å². The van der Waals surface area contributed by atoms with E-state index in [0.29, 0.717) is 0 Å². The molecule has 0 saturated heterocycles. The summed E-state index contributed by atoms with van der Waals surface area (Å²) in [5.74, 6) is -0.905. The third-order valence-corrected chi connectivity index (χ3v) is 6.01. The lowest BCUT2D eigenvalue weighted by Crippen LogP contribution is -2.27. The molecule has 0 aliphatic heterocycles. The fourth-order valence-corrected chi connectivity index (χ4v) is 4.31. The smallest absolute Gasteiger partial charge is 0.412 e. The van der Waals surface area contributed by atoms with E-state index in [1.54, 1.807) is 32.9 Å². The lowest BCUT2D eigenvalue weighted by molar-refractivity contribution is 0.0636. The molecule has 1 amide bonds. The Hall–Kier alpha value is -2.58. The molecule has 1 N–H and O–H groups in total. The second-order valence-electron chi connectivity index (χ2n) is 7.54. The van der Waals surface area contributed by atoms with Crippen LogP contribution in [-0.4, -0.2) is 24.1 Å². The number of nitrogens with one attached hydrogen (secondary N) is 1. The van der Waals surface area contributed by atoms with Crippen LogP contribution in [0.15, 0.2) is 47.5 Å². The van der Waals surface area contributed by atoms with Crippen LogP contribution in [0.25, 0.3) is 10.9 Å². The topological polar surface area (TPSA) is 77.4 Å². The molecule has 2 aromatic carbocycles. The number of halogens is 2. The minimum atomic E-state index is -4.08. The van der Waals surface area contributed by atoms with E-state index in [-0.39, 0.29) is 26.5 Å². The summed E-state index contributed by atoms with van der Waals surface area (Å²) in [6.07, 6.45) is 0.454. The zero-order valence-electron chi connectivity index (χ0n) is 16.3. The number of aromatic nitrogens is 1. The standard InChI is InChI=1S/C20H20ClFN2O4S/c1-12-5-7-13(8-6-12)29(26,27)24-10-9-14-16(11-15(21)17(22)18(14)24)23-19(25)28-20(2,3)4/h5-11H,1-4H3,(H,23,25). The molecule has 0 radical (unpaired) electrons. The van der Waals surface area contributed by atoms with Crippen molar-refractivity contribution in [3.8, 4) is 0 Å². The average molecular weight is 439 g/mol. The van der Waals surface area contributed by atoms with Gasteiger partial charge in [0.25, 0.3) is 10.0 Å². The normalized spacial score (nSPS) is 12.2. The summed E-state index contributed by atoms with van der Waals surface area (Å²) in [6.45, 7) is 6.93. The maximum Gasteiger partial charge on any atom is 0.412 e. The summed E-state index contributed by atoms with van der Waals surface area (Å²) in [4.78, 5) is 12.1. The van der Waals surface area contributed by atoms with Crippen molar-refractivity contribution in [2.24, 2.45) is 0 Å². The van der Waals surface area contributed by atoms with Gasteiger partial charge in [-0.25, -0.2) is 21.6 Å². The number of amides is 1. The largest absolute Gasteiger partial charge is 0.444 e. The first-order valence-corrected chi connectivity index (χ1v) is 10.5. The monoisotopic (exact) mass is 438 g/mol. The van der Waals surface area contributed by atoms with Crippen molar-refractivity contribution in [3.63, 3.8) is 0 Å². The number of ether oxygens (including phenoxy) is 1. The zero-order chi connectivity index (χ0) is 21.6. The molecule has 3 rings (SSSR count). The SMILES string of the molecule is Cc1ccc(S(=O)(=O)n2ccc3c(NC(=O)OC(C)(C)C)cc(Cl)c(F)c32)cc1. The molecule has 0 atom stereocenters. The second kappa shape index (κ2) is 7.35. The van der Waals surface area contributed by atoms with E-state index in [2.05, 4.69) is 5.32 Å². The summed E-state index contributed by atoms with van der Waals surface area (Å²) in [5, 5.41) is 2.34. The van der Waals surface area contributed by atoms with E-state index in [1.165, 1.54) is 30.5 Å². The predicted molar refractivity (Wildman–Crippen MR) is 111 cm³/mol. The molecular weight excluding hydrogens is 419 g/mol. The molecule has 29 heavy (non-hydrogen) atoms. The molecule has 0 spiro atoms. The van der Waals surface area contributed by atoms with Gasteiger partial charge in [0.2, 0.25) is 0 Å². The van der Waals surface area contributed by atoms with Crippen molar-refractivity contribution in [1.82, 2.24) is 3.97 Å². The summed E-state index contributed by atoms with van der Waals surface area (Å²) >= 11 is 5.98. The molecule has 1 heterocycles. The molecule has 6 nitrogen and oxygen atoms in total. The summed E-state index contributed by atoms with van der Waals surface area (Å²) in [5.41, 5.74) is 0.0234. The molecule has 9 heteroatoms. The molecule has 0 bridgehead atoms. The van der Waals surface area contributed by atoms with Crippen LogP contribution in [0.2, 0.25) is 5.02 Å². The third kappa shape index (κ3) is 4.23. The molecule has 0 fully saturated rings. The van der Waals surface area contributed by atoms with Crippen molar-refractivity contribution in [2.75, 3.05) is 5.32 Å². The van der Waals surface area contributed by atoms with Crippen LogP contribution < -0.4 is 5.32 Å². The van der Waals surface area contributed by atoms with Crippen LogP contribution in [0.5, 0.6) is 0 Å². The quantitative estimate of drug-likeness (QED) is 0.599. The minimum absolute atomic E-state index is 0.00151. The van der Waals surface area contributed by atoms with Gasteiger partial charge in [-0.15, -0.1) is 0 Å². The maximum atomic E-state index is 14.8. The van der Waals surface area contributed by atoms with Gasteiger partial charge >= 0.3 is 6.09 Å². The van der Waals surface area contributed by atoms with Crippen LogP contribution >= 0.6 is 11.6 Å². The Morgan fingerprint density at radius 3 is 2.38 bits per heavy atom. The number of aryl methyl sites for hydroxylation is 1. The minimum Gasteiger partial charge on any atom is -0.444 e. The first kappa shape index (κ1) is 21.1.